The van der Waals surface area contributed by atoms with Crippen molar-refractivity contribution in [2.45, 2.75) is 57.4 Å². The van der Waals surface area contributed by atoms with Crippen molar-refractivity contribution in [3.05, 3.63) is 22.4 Å². The highest BCUT2D eigenvalue weighted by molar-refractivity contribution is 7.10. The van der Waals surface area contributed by atoms with Gasteiger partial charge >= 0.3 is 0 Å². The molecule has 1 aliphatic rings. The highest BCUT2D eigenvalue weighted by Gasteiger charge is 2.26. The van der Waals surface area contributed by atoms with Crippen LogP contribution in [0.3, 0.4) is 0 Å². The van der Waals surface area contributed by atoms with E-state index >= 15 is 0 Å². The third-order valence-electron chi connectivity index (χ3n) is 4.35. The molecule has 20 heavy (non-hydrogen) atoms. The maximum Gasteiger partial charge on any atom is 0.228 e. The fraction of sp³-hybridized carbons (Fsp3) is 0.688. The predicted octanol–water partition coefficient (Wildman–Crippen LogP) is 3.30. The molecule has 0 saturated heterocycles. The van der Waals surface area contributed by atoms with Crippen LogP contribution in [0, 0.1) is 5.92 Å². The van der Waals surface area contributed by atoms with E-state index in [1.807, 2.05) is 24.4 Å². The lowest BCUT2D eigenvalue weighted by Crippen LogP contribution is -2.43. The van der Waals surface area contributed by atoms with Crippen LogP contribution >= 0.6 is 11.3 Å². The van der Waals surface area contributed by atoms with Gasteiger partial charge in [0.2, 0.25) is 5.91 Å². The number of aliphatic hydroxyl groups is 1. The van der Waals surface area contributed by atoms with Crippen LogP contribution in [-0.2, 0) is 4.79 Å². The van der Waals surface area contributed by atoms with Crippen LogP contribution in [0.4, 0.5) is 0 Å². The van der Waals surface area contributed by atoms with Crippen LogP contribution in [0.25, 0.3) is 0 Å². The van der Waals surface area contributed by atoms with Crippen molar-refractivity contribution in [1.82, 2.24) is 5.32 Å². The molecule has 1 heterocycles. The third kappa shape index (κ3) is 4.06. The molecule has 2 N–H and O–H groups in total. The Morgan fingerprint density at radius 1 is 1.45 bits per heavy atom. The van der Waals surface area contributed by atoms with Crippen LogP contribution in [0.5, 0.6) is 0 Å². The summed E-state index contributed by atoms with van der Waals surface area (Å²) in [6.07, 6.45) is 6.85. The van der Waals surface area contributed by atoms with E-state index in [2.05, 4.69) is 5.32 Å². The molecule has 1 aromatic rings. The quantitative estimate of drug-likeness (QED) is 0.846. The van der Waals surface area contributed by atoms with Gasteiger partial charge < -0.3 is 10.4 Å². The minimum Gasteiger partial charge on any atom is -0.396 e. The number of thiophene rings is 1. The maximum absolute atomic E-state index is 12.4. The van der Waals surface area contributed by atoms with Crippen LogP contribution < -0.4 is 5.32 Å². The Kier molecular flexibility index (Phi) is 6.05. The molecule has 0 spiro atoms. The van der Waals surface area contributed by atoms with Gasteiger partial charge in [-0.3, -0.25) is 4.79 Å². The van der Waals surface area contributed by atoms with E-state index in [0.717, 1.165) is 4.88 Å². The van der Waals surface area contributed by atoms with E-state index in [1.165, 1.54) is 32.1 Å². The molecule has 0 aromatic carbocycles. The molecule has 1 aliphatic carbocycles. The van der Waals surface area contributed by atoms with Crippen LogP contribution in [0.1, 0.15) is 56.2 Å². The fourth-order valence-electron chi connectivity index (χ4n) is 3.08. The van der Waals surface area contributed by atoms with E-state index in [9.17, 15) is 9.90 Å². The topological polar surface area (TPSA) is 49.3 Å². The normalized spacial score (nSPS) is 19.5. The average molecular weight is 295 g/mol. The zero-order chi connectivity index (χ0) is 14.4. The highest BCUT2D eigenvalue weighted by atomic mass is 32.1. The summed E-state index contributed by atoms with van der Waals surface area (Å²) < 4.78 is 0. The van der Waals surface area contributed by atoms with Gasteiger partial charge in [0.1, 0.15) is 0 Å². The van der Waals surface area contributed by atoms with E-state index in [1.54, 1.807) is 11.3 Å². The second kappa shape index (κ2) is 7.79. The largest absolute Gasteiger partial charge is 0.396 e. The molecular formula is C16H25NO2S. The molecular weight excluding hydrogens is 270 g/mol. The molecule has 3 nitrogen and oxygen atoms in total. The minimum atomic E-state index is -0.0974. The number of hydrogen-bond acceptors (Lipinski definition) is 3. The van der Waals surface area contributed by atoms with Crippen molar-refractivity contribution in [2.75, 3.05) is 6.61 Å². The van der Waals surface area contributed by atoms with E-state index in [-0.39, 0.29) is 24.5 Å². The first-order valence-electron chi connectivity index (χ1n) is 7.67. The molecule has 1 fully saturated rings. The molecule has 112 valence electrons. The van der Waals surface area contributed by atoms with Crippen molar-refractivity contribution in [1.29, 1.82) is 0 Å². The van der Waals surface area contributed by atoms with Crippen molar-refractivity contribution in [3.63, 3.8) is 0 Å². The van der Waals surface area contributed by atoms with Crippen LogP contribution in [0.2, 0.25) is 0 Å². The third-order valence-corrected chi connectivity index (χ3v) is 5.40. The lowest BCUT2D eigenvalue weighted by molar-refractivity contribution is -0.123. The highest BCUT2D eigenvalue weighted by Crippen LogP contribution is 2.28. The number of nitrogens with one attached hydrogen (secondary N) is 1. The van der Waals surface area contributed by atoms with Gasteiger partial charge in [0, 0.05) is 17.5 Å². The molecule has 0 aliphatic heterocycles. The monoisotopic (exact) mass is 295 g/mol. The van der Waals surface area contributed by atoms with Crippen molar-refractivity contribution >= 4 is 17.2 Å². The van der Waals surface area contributed by atoms with Crippen LogP contribution in [0.15, 0.2) is 17.5 Å². The van der Waals surface area contributed by atoms with Crippen LogP contribution in [-0.4, -0.2) is 23.7 Å². The Balaban J connectivity index is 1.94. The molecule has 4 heteroatoms. The minimum absolute atomic E-state index is 0.0940. The van der Waals surface area contributed by atoms with Gasteiger partial charge in [-0.05, 0) is 43.6 Å². The second-order valence-electron chi connectivity index (χ2n) is 5.76. The zero-order valence-electron chi connectivity index (χ0n) is 12.2. The van der Waals surface area contributed by atoms with E-state index in [0.29, 0.717) is 12.3 Å². The number of amides is 1. The van der Waals surface area contributed by atoms with Gasteiger partial charge in [0.25, 0.3) is 0 Å². The summed E-state index contributed by atoms with van der Waals surface area (Å²) in [4.78, 5) is 13.5. The van der Waals surface area contributed by atoms with Crippen molar-refractivity contribution in [3.8, 4) is 0 Å². The summed E-state index contributed by atoms with van der Waals surface area (Å²) in [6, 6.07) is 4.13. The zero-order valence-corrected chi connectivity index (χ0v) is 13.0. The summed E-state index contributed by atoms with van der Waals surface area (Å²) in [5, 5.41) is 14.4. The van der Waals surface area contributed by atoms with E-state index in [4.69, 9.17) is 0 Å². The number of carbonyl (C=O) groups is 1. The standard InChI is InChI=1S/C16H25NO2S/c1-12(15-8-5-11-20-15)16(19)17-14(9-10-18)13-6-3-2-4-7-13/h5,8,11-14,18H,2-4,6-7,9-10H2,1H3,(H,17,19). The van der Waals surface area contributed by atoms with Crippen molar-refractivity contribution in [2.24, 2.45) is 5.92 Å². The second-order valence-corrected chi connectivity index (χ2v) is 6.74. The first-order chi connectivity index (χ1) is 9.72. The molecule has 2 unspecified atom stereocenters. The van der Waals surface area contributed by atoms with Crippen molar-refractivity contribution < 1.29 is 9.90 Å². The molecule has 1 aromatic heterocycles. The Hall–Kier alpha value is -0.870. The Bertz CT molecular complexity index is 399. The molecule has 1 amide bonds. The molecule has 0 radical (unpaired) electrons. The van der Waals surface area contributed by atoms with E-state index < -0.39 is 0 Å². The SMILES string of the molecule is CC(C(=O)NC(CCO)C1CCCCC1)c1cccs1. The number of rotatable bonds is 6. The van der Waals surface area contributed by atoms with Gasteiger partial charge in [-0.15, -0.1) is 11.3 Å². The van der Waals surface area contributed by atoms with Gasteiger partial charge in [-0.25, -0.2) is 0 Å². The van der Waals surface area contributed by atoms with Gasteiger partial charge in [-0.2, -0.15) is 0 Å². The molecule has 2 atom stereocenters. The Labute approximate surface area is 125 Å². The molecule has 1 saturated carbocycles. The first-order valence-corrected chi connectivity index (χ1v) is 8.55. The summed E-state index contributed by atoms with van der Waals surface area (Å²) in [5.41, 5.74) is 0. The Morgan fingerprint density at radius 2 is 2.20 bits per heavy atom. The number of hydrogen-bond donors (Lipinski definition) is 2. The summed E-state index contributed by atoms with van der Waals surface area (Å²) in [5.74, 6) is 0.534. The summed E-state index contributed by atoms with van der Waals surface area (Å²) in [6.45, 7) is 2.10. The van der Waals surface area contributed by atoms with Gasteiger partial charge in [0.15, 0.2) is 0 Å². The molecule has 2 rings (SSSR count). The lowest BCUT2D eigenvalue weighted by Gasteiger charge is -2.31. The summed E-state index contributed by atoms with van der Waals surface area (Å²) in [7, 11) is 0. The summed E-state index contributed by atoms with van der Waals surface area (Å²) >= 11 is 1.63. The molecule has 0 bridgehead atoms. The van der Waals surface area contributed by atoms with Gasteiger partial charge in [-0.1, -0.05) is 25.3 Å². The lowest BCUT2D eigenvalue weighted by atomic mass is 9.82. The smallest absolute Gasteiger partial charge is 0.228 e. The fourth-order valence-corrected chi connectivity index (χ4v) is 3.86. The average Bonchev–Trinajstić information content (AvgIpc) is 3.01. The van der Waals surface area contributed by atoms with Gasteiger partial charge in [0.05, 0.1) is 5.92 Å². The number of carbonyl (C=O) groups excluding carboxylic acids is 1. The number of aliphatic hydroxyl groups excluding tert-OH is 1. The maximum atomic E-state index is 12.4. The first kappa shape index (κ1) is 15.5. The Morgan fingerprint density at radius 3 is 2.80 bits per heavy atom. The predicted molar refractivity (Wildman–Crippen MR) is 82.9 cm³/mol.